The number of morpholine rings is 1. The molecule has 3 aliphatic heterocycles. The highest BCUT2D eigenvalue weighted by molar-refractivity contribution is 6.23. The van der Waals surface area contributed by atoms with Crippen LogP contribution >= 0.6 is 0 Å². The minimum absolute atomic E-state index is 0.0434. The zero-order valence-electron chi connectivity index (χ0n) is 37.8. The summed E-state index contributed by atoms with van der Waals surface area (Å²) in [5.41, 5.74) is 1.10. The first kappa shape index (κ1) is 46.5. The maximum Gasteiger partial charge on any atom is 0.421 e. The van der Waals surface area contributed by atoms with E-state index in [0.717, 1.165) is 4.90 Å². The van der Waals surface area contributed by atoms with Crippen molar-refractivity contribution in [1.82, 2.24) is 10.2 Å². The number of anilines is 1. The molecule has 0 aliphatic carbocycles. The first-order valence-electron chi connectivity index (χ1n) is 22.4. The molecule has 6 aromatic carbocycles. The molecule has 0 aromatic heterocycles. The van der Waals surface area contributed by atoms with Crippen LogP contribution in [0.25, 0.3) is 0 Å². The number of non-ortho nitro benzene ring substituents is 1. The highest BCUT2D eigenvalue weighted by Gasteiger charge is 2.76. The van der Waals surface area contributed by atoms with Crippen molar-refractivity contribution in [3.63, 3.8) is 0 Å². The summed E-state index contributed by atoms with van der Waals surface area (Å²) in [7, 11) is 1.56. The predicted octanol–water partition coefficient (Wildman–Crippen LogP) is 7.68. The molecule has 2 fully saturated rings. The van der Waals surface area contributed by atoms with Crippen molar-refractivity contribution >= 4 is 35.3 Å². The van der Waals surface area contributed by atoms with Crippen molar-refractivity contribution < 1.29 is 48.2 Å². The van der Waals surface area contributed by atoms with Crippen molar-refractivity contribution in [2.75, 3.05) is 31.8 Å². The van der Waals surface area contributed by atoms with Crippen LogP contribution in [0.15, 0.2) is 164 Å². The van der Waals surface area contributed by atoms with Crippen molar-refractivity contribution in [2.45, 2.75) is 36.3 Å². The van der Waals surface area contributed by atoms with Crippen LogP contribution in [0.2, 0.25) is 0 Å². The van der Waals surface area contributed by atoms with E-state index in [9.17, 15) is 20.0 Å². The lowest BCUT2D eigenvalue weighted by Gasteiger charge is -2.46. The number of ether oxygens (including phenoxy) is 4. The number of nitrogens with zero attached hydrogens (tertiary/aromatic N) is 3. The molecule has 352 valence electrons. The fourth-order valence-corrected chi connectivity index (χ4v) is 9.95. The molecule has 2 saturated heterocycles. The summed E-state index contributed by atoms with van der Waals surface area (Å²) < 4.78 is 24.0. The van der Waals surface area contributed by atoms with Gasteiger partial charge < -0.3 is 29.4 Å². The summed E-state index contributed by atoms with van der Waals surface area (Å²) in [5.74, 6) is 3.26. The number of benzene rings is 6. The van der Waals surface area contributed by atoms with Crippen LogP contribution in [0.3, 0.4) is 0 Å². The number of nitrogens with one attached hydrogen (secondary N) is 1. The van der Waals surface area contributed by atoms with E-state index < -0.39 is 64.4 Å². The number of hydrogen-bond donors (Lipinski definition) is 2. The van der Waals surface area contributed by atoms with Crippen molar-refractivity contribution in [2.24, 2.45) is 5.92 Å². The molecule has 6 unspecified atom stereocenters. The molecule has 70 heavy (non-hydrogen) atoms. The normalized spacial score (nSPS) is 21.1. The lowest BCUT2D eigenvalue weighted by Crippen LogP contribution is -2.55. The van der Waals surface area contributed by atoms with Gasteiger partial charge in [-0.05, 0) is 82.9 Å². The molecule has 9 rings (SSSR count). The third-order valence-electron chi connectivity index (χ3n) is 12.9. The Bertz CT molecular complexity index is 3030. The number of imide groups is 1. The summed E-state index contributed by atoms with van der Waals surface area (Å²) in [6, 6.07) is 39.2. The lowest BCUT2D eigenvalue weighted by molar-refractivity contribution is -0.384. The SMILES string of the molecule is C=CCNC(=O)C1C2C(=O)OC(c3ccccc3)C(c3ccccc3)N2C(c2ccccc2OCCO)C12C(=O)N(C(=O)OCc1ccc([N+](=O)[O-])cc1)c1ccc(C#Cc3ccc(OC)cc3)cc12. The van der Waals surface area contributed by atoms with Gasteiger partial charge in [-0.15, -0.1) is 6.58 Å². The summed E-state index contributed by atoms with van der Waals surface area (Å²) >= 11 is 0. The molecule has 3 amide bonds. The maximum absolute atomic E-state index is 16.5. The Labute approximate surface area is 403 Å². The standard InChI is InChI=1S/C55H46N4O11/c1-3-30-56-51(61)46-48-52(62)70-49(39-14-8-5-9-15-39)47(38-12-6-4-7-13-38)58(48)50(42-16-10-11-17-45(42)68-32-31-60)55(46)43-33-36(19-18-35-22-27-41(67-2)28-23-35)24-29-44(43)57(53(55)63)54(64)69-34-37-20-25-40(26-21-37)59(65)66/h3-17,20-29,33,46-50,60H,1,30-32,34H2,2H3,(H,56,61). The molecule has 6 atom stereocenters. The predicted molar refractivity (Wildman–Crippen MR) is 256 cm³/mol. The number of amides is 3. The number of nitro benzene ring substituents is 1. The second-order valence-electron chi connectivity index (χ2n) is 16.7. The fraction of sp³-hybridized carbons (Fsp3) is 0.200. The van der Waals surface area contributed by atoms with Gasteiger partial charge in [-0.2, -0.15) is 0 Å². The van der Waals surface area contributed by atoms with Crippen LogP contribution in [-0.4, -0.2) is 71.7 Å². The molecule has 0 radical (unpaired) electrons. The number of carbonyl (C=O) groups is 4. The van der Waals surface area contributed by atoms with Crippen LogP contribution < -0.4 is 19.7 Å². The first-order valence-corrected chi connectivity index (χ1v) is 22.4. The number of esters is 1. The first-order chi connectivity index (χ1) is 34.1. The largest absolute Gasteiger partial charge is 0.497 e. The summed E-state index contributed by atoms with van der Waals surface area (Å²) in [5, 5.41) is 24.4. The highest BCUT2D eigenvalue weighted by atomic mass is 16.6. The van der Waals surface area contributed by atoms with E-state index in [1.54, 1.807) is 73.8 Å². The number of rotatable bonds is 13. The molecule has 2 N–H and O–H groups in total. The Morgan fingerprint density at radius 1 is 0.857 bits per heavy atom. The van der Waals surface area contributed by atoms with Gasteiger partial charge in [0, 0.05) is 35.4 Å². The Kier molecular flexibility index (Phi) is 13.3. The van der Waals surface area contributed by atoms with Gasteiger partial charge in [-0.25, -0.2) is 9.69 Å². The van der Waals surface area contributed by atoms with Crippen LogP contribution in [0.1, 0.15) is 57.1 Å². The van der Waals surface area contributed by atoms with Gasteiger partial charge in [0.05, 0.1) is 42.3 Å². The number of methoxy groups -OCH3 is 1. The number of para-hydroxylation sites is 1. The summed E-state index contributed by atoms with van der Waals surface area (Å²) in [4.78, 5) is 75.7. The second kappa shape index (κ2) is 19.9. The van der Waals surface area contributed by atoms with Crippen molar-refractivity contribution in [3.8, 4) is 23.3 Å². The third kappa shape index (κ3) is 8.40. The molecular weight excluding hydrogens is 893 g/mol. The molecule has 3 aliphatic rings. The monoisotopic (exact) mass is 938 g/mol. The van der Waals surface area contributed by atoms with Crippen molar-refractivity contribution in [3.05, 3.63) is 213 Å². The molecule has 15 heteroatoms. The van der Waals surface area contributed by atoms with Gasteiger partial charge in [0.15, 0.2) is 0 Å². The quantitative estimate of drug-likeness (QED) is 0.0379. The van der Waals surface area contributed by atoms with Crippen LogP contribution in [0, 0.1) is 27.9 Å². The summed E-state index contributed by atoms with van der Waals surface area (Å²) in [6.07, 6.45) is -0.613. The lowest BCUT2D eigenvalue weighted by atomic mass is 9.65. The average molecular weight is 939 g/mol. The number of aliphatic hydroxyl groups is 1. The highest BCUT2D eigenvalue weighted by Crippen LogP contribution is 2.66. The Hall–Kier alpha value is -8.58. The second-order valence-corrected chi connectivity index (χ2v) is 16.7. The number of hydrogen-bond acceptors (Lipinski definition) is 12. The zero-order chi connectivity index (χ0) is 48.9. The molecule has 3 heterocycles. The fourth-order valence-electron chi connectivity index (χ4n) is 9.95. The molecule has 15 nitrogen and oxygen atoms in total. The van der Waals surface area contributed by atoms with E-state index in [1.807, 2.05) is 65.6 Å². The van der Waals surface area contributed by atoms with Crippen molar-refractivity contribution in [1.29, 1.82) is 0 Å². The topological polar surface area (TPSA) is 187 Å². The Morgan fingerprint density at radius 3 is 2.19 bits per heavy atom. The minimum atomic E-state index is -2.16. The molecule has 1 spiro atoms. The maximum atomic E-state index is 16.5. The average Bonchev–Trinajstić information content (AvgIpc) is 3.85. The van der Waals surface area contributed by atoms with Gasteiger partial charge >= 0.3 is 12.1 Å². The van der Waals surface area contributed by atoms with E-state index in [1.165, 1.54) is 30.3 Å². The third-order valence-corrected chi connectivity index (χ3v) is 12.9. The van der Waals surface area contributed by atoms with Crippen LogP contribution in [-0.2, 0) is 35.9 Å². The van der Waals surface area contributed by atoms with E-state index in [0.29, 0.717) is 39.1 Å². The van der Waals surface area contributed by atoms with E-state index >= 15 is 14.4 Å². The molecular formula is C55H46N4O11. The molecule has 0 saturated carbocycles. The number of aliphatic hydroxyl groups excluding tert-OH is 1. The van der Waals surface area contributed by atoms with Gasteiger partial charge in [0.1, 0.15) is 42.3 Å². The minimum Gasteiger partial charge on any atom is -0.497 e. The Balaban J connectivity index is 1.32. The van der Waals surface area contributed by atoms with Crippen LogP contribution in [0.5, 0.6) is 11.5 Å². The molecule has 0 bridgehead atoms. The van der Waals surface area contributed by atoms with E-state index in [-0.39, 0.29) is 49.1 Å². The van der Waals surface area contributed by atoms with Gasteiger partial charge in [0.2, 0.25) is 11.8 Å². The number of carbonyl (C=O) groups excluding carboxylic acids is 4. The Morgan fingerprint density at radius 2 is 1.51 bits per heavy atom. The van der Waals surface area contributed by atoms with Gasteiger partial charge in [-0.1, -0.05) is 96.8 Å². The van der Waals surface area contributed by atoms with Crippen LogP contribution in [0.4, 0.5) is 16.2 Å². The van der Waals surface area contributed by atoms with E-state index in [4.69, 9.17) is 18.9 Å². The van der Waals surface area contributed by atoms with Gasteiger partial charge in [0.25, 0.3) is 5.69 Å². The van der Waals surface area contributed by atoms with Gasteiger partial charge in [-0.3, -0.25) is 29.4 Å². The number of fused-ring (bicyclic) bond motifs is 3. The number of cyclic esters (lactones) is 1. The van der Waals surface area contributed by atoms with E-state index in [2.05, 4.69) is 23.7 Å². The smallest absolute Gasteiger partial charge is 0.421 e. The zero-order valence-corrected chi connectivity index (χ0v) is 37.8. The molecule has 6 aromatic rings. The summed E-state index contributed by atoms with van der Waals surface area (Å²) in [6.45, 7) is 2.89. The number of nitro groups is 1.